The summed E-state index contributed by atoms with van der Waals surface area (Å²) in [5.41, 5.74) is 0.670. The number of carbonyl (C=O) groups is 1. The smallest absolute Gasteiger partial charge is 0.545 e. The number of hydrogen-bond acceptors (Lipinski definition) is 4. The molecule has 1 N–H and O–H groups in total. The maximum Gasteiger partial charge on any atom is 1.00 e. The number of anilines is 1. The molecule has 0 spiro atoms. The molecule has 0 atom stereocenters. The number of nitrogens with one attached hydrogen (secondary N) is 1. The topological polar surface area (TPSA) is 61.4 Å². The molecule has 0 radical (unpaired) electrons. The number of aliphatic carboxylic acids is 1. The summed E-state index contributed by atoms with van der Waals surface area (Å²) in [5.74, 6) is 0.0614. The molecular weight excluding hydrogens is 265 g/mol. The van der Waals surface area contributed by atoms with Crippen molar-refractivity contribution < 1.29 is 44.2 Å². The number of rotatable bonds is 5. The number of carboxylic acid groups (broad SMARTS) is 1. The van der Waals surface area contributed by atoms with Crippen LogP contribution >= 0.6 is 0 Å². The third-order valence-corrected chi connectivity index (χ3v) is 2.32. The molecule has 4 nitrogen and oxygen atoms in total. The van der Waals surface area contributed by atoms with E-state index >= 15 is 0 Å². The first-order valence-corrected chi connectivity index (χ1v) is 5.72. The Morgan fingerprint density at radius 1 is 1.05 bits per heavy atom. The second kappa shape index (κ2) is 8.43. The molecule has 0 amide bonds. The van der Waals surface area contributed by atoms with Gasteiger partial charge >= 0.3 is 29.6 Å². The molecule has 0 aliphatic carbocycles. The van der Waals surface area contributed by atoms with Gasteiger partial charge in [-0.2, -0.15) is 0 Å². The Morgan fingerprint density at radius 2 is 1.70 bits per heavy atom. The zero-order valence-electron chi connectivity index (χ0n) is 11.1. The SMILES string of the molecule is O=C([O-])/C=C/Nc1ccccc1Oc1ccccc1.[Na+]. The molecule has 0 unspecified atom stereocenters. The Morgan fingerprint density at radius 3 is 2.40 bits per heavy atom. The molecule has 2 aromatic rings. The van der Waals surface area contributed by atoms with Gasteiger partial charge in [-0.25, -0.2) is 0 Å². The zero-order valence-corrected chi connectivity index (χ0v) is 13.1. The van der Waals surface area contributed by atoms with E-state index in [2.05, 4.69) is 5.32 Å². The van der Waals surface area contributed by atoms with Gasteiger partial charge in [0, 0.05) is 6.20 Å². The van der Waals surface area contributed by atoms with Crippen LogP contribution < -0.4 is 44.7 Å². The maximum absolute atomic E-state index is 10.3. The second-order valence-electron chi connectivity index (χ2n) is 3.71. The maximum atomic E-state index is 10.3. The molecule has 5 heteroatoms. The minimum Gasteiger partial charge on any atom is -0.545 e. The summed E-state index contributed by atoms with van der Waals surface area (Å²) in [6.07, 6.45) is 2.21. The van der Waals surface area contributed by atoms with E-state index in [0.717, 1.165) is 6.08 Å². The molecule has 0 aromatic heterocycles. The minimum absolute atomic E-state index is 0. The average Bonchev–Trinajstić information content (AvgIpc) is 2.41. The van der Waals surface area contributed by atoms with Crippen molar-refractivity contribution in [3.63, 3.8) is 0 Å². The third-order valence-electron chi connectivity index (χ3n) is 2.32. The van der Waals surface area contributed by atoms with Crippen LogP contribution in [0.1, 0.15) is 0 Å². The van der Waals surface area contributed by atoms with E-state index in [0.29, 0.717) is 17.2 Å². The molecule has 20 heavy (non-hydrogen) atoms. The van der Waals surface area contributed by atoms with Gasteiger partial charge in [0.2, 0.25) is 0 Å². The van der Waals surface area contributed by atoms with Crippen LogP contribution in [0.4, 0.5) is 5.69 Å². The van der Waals surface area contributed by atoms with Crippen molar-refractivity contribution in [2.24, 2.45) is 0 Å². The quantitative estimate of drug-likeness (QED) is 0.572. The van der Waals surface area contributed by atoms with Crippen LogP contribution in [0.25, 0.3) is 0 Å². The van der Waals surface area contributed by atoms with Gasteiger partial charge in [0.1, 0.15) is 5.75 Å². The fraction of sp³-hybridized carbons (Fsp3) is 0. The third kappa shape index (κ3) is 5.09. The van der Waals surface area contributed by atoms with E-state index in [1.165, 1.54) is 6.20 Å². The molecule has 2 aromatic carbocycles. The predicted octanol–water partition coefficient (Wildman–Crippen LogP) is -0.842. The molecule has 2 rings (SSSR count). The van der Waals surface area contributed by atoms with E-state index in [9.17, 15) is 9.90 Å². The van der Waals surface area contributed by atoms with E-state index in [1.807, 2.05) is 42.5 Å². The van der Waals surface area contributed by atoms with E-state index in [4.69, 9.17) is 4.74 Å². The van der Waals surface area contributed by atoms with E-state index < -0.39 is 5.97 Å². The van der Waals surface area contributed by atoms with Crippen molar-refractivity contribution >= 4 is 11.7 Å². The van der Waals surface area contributed by atoms with Crippen LogP contribution in [0.2, 0.25) is 0 Å². The number of carbonyl (C=O) groups excluding carboxylic acids is 1. The largest absolute Gasteiger partial charge is 1.00 e. The van der Waals surface area contributed by atoms with Crippen LogP contribution in [-0.4, -0.2) is 5.97 Å². The van der Waals surface area contributed by atoms with Crippen LogP contribution in [0.15, 0.2) is 66.9 Å². The first-order chi connectivity index (χ1) is 9.25. The van der Waals surface area contributed by atoms with Crippen molar-refractivity contribution in [1.82, 2.24) is 0 Å². The molecule has 96 valence electrons. The number of hydrogen-bond donors (Lipinski definition) is 1. The van der Waals surface area contributed by atoms with Crippen molar-refractivity contribution in [3.8, 4) is 11.5 Å². The van der Waals surface area contributed by atoms with Gasteiger partial charge in [-0.05, 0) is 30.3 Å². The van der Waals surface area contributed by atoms with E-state index in [-0.39, 0.29) is 29.6 Å². The van der Waals surface area contributed by atoms with Gasteiger partial charge in [0.15, 0.2) is 5.75 Å². The predicted molar refractivity (Wildman–Crippen MR) is 70.7 cm³/mol. The molecular formula is C15H12NNaO3. The summed E-state index contributed by atoms with van der Waals surface area (Å²) < 4.78 is 5.71. The van der Waals surface area contributed by atoms with Crippen LogP contribution in [-0.2, 0) is 4.79 Å². The molecule has 0 saturated carbocycles. The normalized spacial score (nSPS) is 9.80. The Hall–Kier alpha value is -1.75. The molecule has 0 bridgehead atoms. The van der Waals surface area contributed by atoms with Gasteiger partial charge < -0.3 is 20.0 Å². The molecule has 0 heterocycles. The Bertz CT molecular complexity index is 585. The Balaban J connectivity index is 0.00000200. The number of para-hydroxylation sites is 3. The standard InChI is InChI=1S/C15H13NO3.Na/c17-15(18)10-11-16-13-8-4-5-9-14(13)19-12-6-2-1-3-7-12;/h1-11,16H,(H,17,18);/q;+1/p-1/b11-10+;. The van der Waals surface area contributed by atoms with Gasteiger partial charge in [0.25, 0.3) is 0 Å². The molecule has 0 saturated heterocycles. The minimum atomic E-state index is -1.26. The van der Waals surface area contributed by atoms with Crippen molar-refractivity contribution in [2.75, 3.05) is 5.32 Å². The first kappa shape index (κ1) is 16.3. The fourth-order valence-corrected chi connectivity index (χ4v) is 1.49. The summed E-state index contributed by atoms with van der Waals surface area (Å²) in [6, 6.07) is 16.6. The summed E-state index contributed by atoms with van der Waals surface area (Å²) in [7, 11) is 0. The number of benzene rings is 2. The fourth-order valence-electron chi connectivity index (χ4n) is 1.49. The van der Waals surface area contributed by atoms with Crippen LogP contribution in [0.5, 0.6) is 11.5 Å². The van der Waals surface area contributed by atoms with Crippen LogP contribution in [0.3, 0.4) is 0 Å². The van der Waals surface area contributed by atoms with Crippen LogP contribution in [0, 0.1) is 0 Å². The molecule has 0 fully saturated rings. The van der Waals surface area contributed by atoms with Crippen molar-refractivity contribution in [2.45, 2.75) is 0 Å². The van der Waals surface area contributed by atoms with Crippen molar-refractivity contribution in [1.29, 1.82) is 0 Å². The zero-order chi connectivity index (χ0) is 13.5. The van der Waals surface area contributed by atoms with Crippen molar-refractivity contribution in [3.05, 3.63) is 66.9 Å². The second-order valence-corrected chi connectivity index (χ2v) is 3.71. The van der Waals surface area contributed by atoms with Gasteiger partial charge in [-0.1, -0.05) is 30.3 Å². The van der Waals surface area contributed by atoms with E-state index in [1.54, 1.807) is 12.1 Å². The van der Waals surface area contributed by atoms with Gasteiger partial charge in [-0.15, -0.1) is 0 Å². The Kier molecular flexibility index (Phi) is 6.87. The first-order valence-electron chi connectivity index (χ1n) is 5.72. The number of carboxylic acids is 1. The summed E-state index contributed by atoms with van der Waals surface area (Å²) in [4.78, 5) is 10.3. The summed E-state index contributed by atoms with van der Waals surface area (Å²) in [5, 5.41) is 13.1. The molecule has 0 aliphatic heterocycles. The number of ether oxygens (including phenoxy) is 1. The summed E-state index contributed by atoms with van der Waals surface area (Å²) in [6.45, 7) is 0. The monoisotopic (exact) mass is 277 g/mol. The average molecular weight is 277 g/mol. The van der Waals surface area contributed by atoms with Gasteiger partial charge in [0.05, 0.1) is 11.7 Å². The molecule has 0 aliphatic rings. The van der Waals surface area contributed by atoms with Gasteiger partial charge in [-0.3, -0.25) is 0 Å². The summed E-state index contributed by atoms with van der Waals surface area (Å²) >= 11 is 0. The Labute approximate surface area is 139 Å².